The molecule has 0 radical (unpaired) electrons. The number of rotatable bonds is 4. The molecule has 0 spiro atoms. The molecule has 0 fully saturated rings. The van der Waals surface area contributed by atoms with E-state index in [1.807, 2.05) is 0 Å². The highest BCUT2D eigenvalue weighted by molar-refractivity contribution is 4.87. The van der Waals surface area contributed by atoms with Crippen LogP contribution in [0.2, 0.25) is 0 Å². The van der Waals surface area contributed by atoms with Gasteiger partial charge in [-0.3, -0.25) is 0 Å². The summed E-state index contributed by atoms with van der Waals surface area (Å²) >= 11 is 0. The van der Waals surface area contributed by atoms with Gasteiger partial charge in [-0.25, -0.2) is 0 Å². The van der Waals surface area contributed by atoms with Crippen molar-refractivity contribution in [3.8, 4) is 0 Å². The molecule has 1 heterocycles. The van der Waals surface area contributed by atoms with Crippen LogP contribution in [0.4, 0.5) is 0 Å². The zero-order chi connectivity index (χ0) is 8.97. The van der Waals surface area contributed by atoms with Gasteiger partial charge in [0.05, 0.1) is 0 Å². The summed E-state index contributed by atoms with van der Waals surface area (Å²) in [7, 11) is 0. The normalized spacial score (nSPS) is 11.0. The Hall–Kier alpha value is -0.900. The molecule has 0 aliphatic carbocycles. The Morgan fingerprint density at radius 3 is 2.83 bits per heavy atom. The molecular weight excluding hydrogens is 154 g/mol. The van der Waals surface area contributed by atoms with Gasteiger partial charge < -0.3 is 10.3 Å². The maximum atomic E-state index is 5.35. The van der Waals surface area contributed by atoms with Gasteiger partial charge in [0.15, 0.2) is 5.82 Å². The maximum Gasteiger partial charge on any atom is 0.226 e. The van der Waals surface area contributed by atoms with E-state index < -0.39 is 0 Å². The third-order valence-corrected chi connectivity index (χ3v) is 1.46. The molecule has 1 rings (SSSR count). The van der Waals surface area contributed by atoms with E-state index in [9.17, 15) is 0 Å². The molecule has 0 atom stereocenters. The summed E-state index contributed by atoms with van der Waals surface area (Å²) in [6, 6.07) is 0. The third kappa shape index (κ3) is 2.62. The highest BCUT2D eigenvalue weighted by Crippen LogP contribution is 2.05. The molecule has 1 aromatic rings. The van der Waals surface area contributed by atoms with Crippen LogP contribution in [-0.2, 0) is 12.8 Å². The molecule has 1 aromatic heterocycles. The van der Waals surface area contributed by atoms with E-state index in [4.69, 9.17) is 10.3 Å². The summed E-state index contributed by atoms with van der Waals surface area (Å²) in [5.41, 5.74) is 5.35. The Kier molecular flexibility index (Phi) is 3.22. The lowest BCUT2D eigenvalue weighted by molar-refractivity contribution is 0.359. The predicted octanol–water partition coefficient (Wildman–Crippen LogP) is 0.769. The second-order valence-corrected chi connectivity index (χ2v) is 3.24. The van der Waals surface area contributed by atoms with Gasteiger partial charge in [-0.15, -0.1) is 0 Å². The summed E-state index contributed by atoms with van der Waals surface area (Å²) in [6.07, 6.45) is 1.54. The molecule has 0 aliphatic heterocycles. The third-order valence-electron chi connectivity index (χ3n) is 1.46. The minimum Gasteiger partial charge on any atom is -0.339 e. The summed E-state index contributed by atoms with van der Waals surface area (Å²) in [5, 5.41) is 3.79. The lowest BCUT2D eigenvalue weighted by atomic mass is 10.1. The number of aromatic nitrogens is 2. The number of hydrogen-bond donors (Lipinski definition) is 1. The van der Waals surface area contributed by atoms with Crippen LogP contribution < -0.4 is 5.73 Å². The fraction of sp³-hybridized carbons (Fsp3) is 0.750. The summed E-state index contributed by atoms with van der Waals surface area (Å²) in [4.78, 5) is 4.18. The maximum absolute atomic E-state index is 5.35. The highest BCUT2D eigenvalue weighted by Gasteiger charge is 2.06. The fourth-order valence-electron chi connectivity index (χ4n) is 0.953. The number of nitrogens with zero attached hydrogens (tertiary/aromatic N) is 2. The molecule has 0 saturated heterocycles. The van der Waals surface area contributed by atoms with Gasteiger partial charge in [0.1, 0.15) is 0 Å². The topological polar surface area (TPSA) is 64.9 Å². The largest absolute Gasteiger partial charge is 0.339 e. The van der Waals surface area contributed by atoms with E-state index in [0.29, 0.717) is 30.6 Å². The lowest BCUT2D eigenvalue weighted by Crippen LogP contribution is -2.04. The molecule has 0 bridgehead atoms. The Bertz CT molecular complexity index is 232. The second kappa shape index (κ2) is 4.21. The molecule has 0 aliphatic rings. The minimum absolute atomic E-state index is 0.552. The van der Waals surface area contributed by atoms with Gasteiger partial charge >= 0.3 is 0 Å². The Morgan fingerprint density at radius 2 is 2.25 bits per heavy atom. The Balaban J connectivity index is 2.52. The van der Waals surface area contributed by atoms with Crippen molar-refractivity contribution in [2.24, 2.45) is 11.7 Å². The van der Waals surface area contributed by atoms with Crippen LogP contribution >= 0.6 is 0 Å². The van der Waals surface area contributed by atoms with Gasteiger partial charge in [0.25, 0.3) is 0 Å². The van der Waals surface area contributed by atoms with Gasteiger partial charge in [-0.1, -0.05) is 19.0 Å². The highest BCUT2D eigenvalue weighted by atomic mass is 16.5. The van der Waals surface area contributed by atoms with Crippen molar-refractivity contribution in [2.75, 3.05) is 6.54 Å². The summed E-state index contributed by atoms with van der Waals surface area (Å²) in [6.45, 7) is 4.81. The molecule has 68 valence electrons. The molecule has 2 N–H and O–H groups in total. The van der Waals surface area contributed by atoms with E-state index in [0.717, 1.165) is 6.42 Å². The van der Waals surface area contributed by atoms with Crippen molar-refractivity contribution in [2.45, 2.75) is 26.7 Å². The van der Waals surface area contributed by atoms with Gasteiger partial charge in [-0.05, 0) is 12.5 Å². The number of hydrogen-bond acceptors (Lipinski definition) is 4. The van der Waals surface area contributed by atoms with Crippen molar-refractivity contribution in [1.29, 1.82) is 0 Å². The van der Waals surface area contributed by atoms with Crippen molar-refractivity contribution in [3.63, 3.8) is 0 Å². The summed E-state index contributed by atoms with van der Waals surface area (Å²) in [5.74, 6) is 1.98. The van der Waals surface area contributed by atoms with Crippen molar-refractivity contribution in [1.82, 2.24) is 10.1 Å². The van der Waals surface area contributed by atoms with E-state index in [1.54, 1.807) is 0 Å². The van der Waals surface area contributed by atoms with Gasteiger partial charge in [0.2, 0.25) is 5.89 Å². The molecule has 12 heavy (non-hydrogen) atoms. The first-order valence-electron chi connectivity index (χ1n) is 4.24. The SMILES string of the molecule is CC(C)Cc1nc(CCN)no1. The molecule has 4 heteroatoms. The van der Waals surface area contributed by atoms with Gasteiger partial charge in [0, 0.05) is 12.8 Å². The quantitative estimate of drug-likeness (QED) is 0.723. The Labute approximate surface area is 72.1 Å². The predicted molar refractivity (Wildman–Crippen MR) is 45.6 cm³/mol. The van der Waals surface area contributed by atoms with E-state index in [2.05, 4.69) is 24.0 Å². The zero-order valence-electron chi connectivity index (χ0n) is 7.58. The standard InChI is InChI=1S/C8H15N3O/c1-6(2)5-8-10-7(3-4-9)11-12-8/h6H,3-5,9H2,1-2H3. The van der Waals surface area contributed by atoms with E-state index >= 15 is 0 Å². The average molecular weight is 169 g/mol. The van der Waals surface area contributed by atoms with Crippen molar-refractivity contribution >= 4 is 0 Å². The summed E-state index contributed by atoms with van der Waals surface area (Å²) < 4.78 is 5.01. The molecule has 4 nitrogen and oxygen atoms in total. The fourth-order valence-corrected chi connectivity index (χ4v) is 0.953. The van der Waals surface area contributed by atoms with Crippen LogP contribution in [0.25, 0.3) is 0 Å². The van der Waals surface area contributed by atoms with E-state index in [1.165, 1.54) is 0 Å². The first kappa shape index (κ1) is 9.19. The smallest absolute Gasteiger partial charge is 0.226 e. The minimum atomic E-state index is 0.552. The molecular formula is C8H15N3O. The monoisotopic (exact) mass is 169 g/mol. The second-order valence-electron chi connectivity index (χ2n) is 3.24. The van der Waals surface area contributed by atoms with Crippen LogP contribution in [0.3, 0.4) is 0 Å². The van der Waals surface area contributed by atoms with Crippen molar-refractivity contribution in [3.05, 3.63) is 11.7 Å². The zero-order valence-corrected chi connectivity index (χ0v) is 7.58. The van der Waals surface area contributed by atoms with Crippen molar-refractivity contribution < 1.29 is 4.52 Å². The Morgan fingerprint density at radius 1 is 1.50 bits per heavy atom. The van der Waals surface area contributed by atoms with Crippen LogP contribution in [-0.4, -0.2) is 16.7 Å². The first-order chi connectivity index (χ1) is 5.72. The van der Waals surface area contributed by atoms with Crippen LogP contribution in [0.5, 0.6) is 0 Å². The molecule has 0 unspecified atom stereocenters. The van der Waals surface area contributed by atoms with Crippen LogP contribution in [0.1, 0.15) is 25.6 Å². The molecule has 0 saturated carbocycles. The molecule has 0 amide bonds. The number of nitrogens with two attached hydrogens (primary N) is 1. The van der Waals surface area contributed by atoms with Gasteiger partial charge in [-0.2, -0.15) is 4.98 Å². The molecule has 0 aromatic carbocycles. The first-order valence-corrected chi connectivity index (χ1v) is 4.24. The van der Waals surface area contributed by atoms with Crippen LogP contribution in [0.15, 0.2) is 4.52 Å². The van der Waals surface area contributed by atoms with Crippen LogP contribution in [0, 0.1) is 5.92 Å². The van der Waals surface area contributed by atoms with E-state index in [-0.39, 0.29) is 0 Å². The lowest BCUT2D eigenvalue weighted by Gasteiger charge is -1.95. The average Bonchev–Trinajstić information content (AvgIpc) is 2.36.